The lowest BCUT2D eigenvalue weighted by molar-refractivity contribution is -0.145. The van der Waals surface area contributed by atoms with Gasteiger partial charge in [-0.1, -0.05) is 37.3 Å². The highest BCUT2D eigenvalue weighted by Crippen LogP contribution is 2.11. The van der Waals surface area contributed by atoms with Gasteiger partial charge in [-0.05, 0) is 18.4 Å². The summed E-state index contributed by atoms with van der Waals surface area (Å²) in [5, 5.41) is 0. The highest BCUT2D eigenvalue weighted by molar-refractivity contribution is 5.71. The molecule has 1 rings (SSSR count). The van der Waals surface area contributed by atoms with E-state index in [4.69, 9.17) is 5.73 Å². The monoisotopic (exact) mass is 221 g/mol. The predicted octanol–water partition coefficient (Wildman–Crippen LogP) is 1.76. The van der Waals surface area contributed by atoms with Crippen molar-refractivity contribution in [2.75, 3.05) is 7.11 Å². The molecule has 3 heteroatoms. The van der Waals surface area contributed by atoms with Gasteiger partial charge in [0.05, 0.1) is 13.0 Å². The number of benzene rings is 1. The highest BCUT2D eigenvalue weighted by atomic mass is 16.5. The molecule has 0 heterocycles. The minimum atomic E-state index is -0.191. The van der Waals surface area contributed by atoms with Crippen LogP contribution < -0.4 is 5.73 Å². The van der Waals surface area contributed by atoms with Crippen molar-refractivity contribution in [3.63, 3.8) is 0 Å². The van der Waals surface area contributed by atoms with Crippen LogP contribution in [0.3, 0.4) is 0 Å². The van der Waals surface area contributed by atoms with Crippen molar-refractivity contribution in [3.05, 3.63) is 35.9 Å². The van der Waals surface area contributed by atoms with E-state index in [1.54, 1.807) is 0 Å². The number of hydrogen-bond donors (Lipinski definition) is 1. The first-order valence-corrected chi connectivity index (χ1v) is 5.50. The second kappa shape index (κ2) is 6.28. The first-order valence-electron chi connectivity index (χ1n) is 5.50. The fourth-order valence-electron chi connectivity index (χ4n) is 1.75. The van der Waals surface area contributed by atoms with Crippen LogP contribution in [0, 0.1) is 5.92 Å². The van der Waals surface area contributed by atoms with Crippen molar-refractivity contribution < 1.29 is 9.53 Å². The van der Waals surface area contributed by atoms with Crippen LogP contribution in [-0.4, -0.2) is 19.1 Å². The third kappa shape index (κ3) is 4.03. The number of carbonyl (C=O) groups is 1. The van der Waals surface area contributed by atoms with E-state index in [2.05, 4.69) is 4.74 Å². The summed E-state index contributed by atoms with van der Waals surface area (Å²) in [6.45, 7) is 1.84. The SMILES string of the molecule is COC(=O)[C@H](C)C[C@@H](N)Cc1ccccc1. The van der Waals surface area contributed by atoms with Crippen molar-refractivity contribution in [1.29, 1.82) is 0 Å². The zero-order valence-corrected chi connectivity index (χ0v) is 9.85. The van der Waals surface area contributed by atoms with Crippen LogP contribution in [0.5, 0.6) is 0 Å². The largest absolute Gasteiger partial charge is 0.469 e. The number of hydrogen-bond acceptors (Lipinski definition) is 3. The quantitative estimate of drug-likeness (QED) is 0.771. The fourth-order valence-corrected chi connectivity index (χ4v) is 1.75. The van der Waals surface area contributed by atoms with Crippen molar-refractivity contribution in [3.8, 4) is 0 Å². The van der Waals surface area contributed by atoms with Gasteiger partial charge < -0.3 is 10.5 Å². The van der Waals surface area contributed by atoms with Gasteiger partial charge in [-0.25, -0.2) is 0 Å². The highest BCUT2D eigenvalue weighted by Gasteiger charge is 2.16. The van der Waals surface area contributed by atoms with E-state index in [0.29, 0.717) is 6.42 Å². The molecule has 0 amide bonds. The summed E-state index contributed by atoms with van der Waals surface area (Å²) in [5.41, 5.74) is 7.19. The lowest BCUT2D eigenvalue weighted by atomic mass is 9.97. The molecule has 0 unspecified atom stereocenters. The summed E-state index contributed by atoms with van der Waals surface area (Å²) in [6.07, 6.45) is 1.45. The zero-order valence-electron chi connectivity index (χ0n) is 9.85. The second-order valence-electron chi connectivity index (χ2n) is 4.11. The predicted molar refractivity (Wildman–Crippen MR) is 63.9 cm³/mol. The van der Waals surface area contributed by atoms with Gasteiger partial charge in [0, 0.05) is 6.04 Å². The number of esters is 1. The van der Waals surface area contributed by atoms with Crippen molar-refractivity contribution in [2.24, 2.45) is 11.7 Å². The number of methoxy groups -OCH3 is 1. The van der Waals surface area contributed by atoms with Gasteiger partial charge in [0.15, 0.2) is 0 Å². The molecule has 1 aromatic carbocycles. The van der Waals surface area contributed by atoms with E-state index >= 15 is 0 Å². The van der Waals surface area contributed by atoms with Crippen molar-refractivity contribution >= 4 is 5.97 Å². The van der Waals surface area contributed by atoms with Gasteiger partial charge in [-0.3, -0.25) is 4.79 Å². The van der Waals surface area contributed by atoms with Crippen molar-refractivity contribution in [2.45, 2.75) is 25.8 Å². The number of rotatable bonds is 5. The van der Waals surface area contributed by atoms with Gasteiger partial charge in [-0.2, -0.15) is 0 Å². The van der Waals surface area contributed by atoms with Crippen LogP contribution in [0.1, 0.15) is 18.9 Å². The Kier molecular flexibility index (Phi) is 4.99. The molecule has 0 bridgehead atoms. The molecule has 0 saturated heterocycles. The van der Waals surface area contributed by atoms with Crippen LogP contribution in [-0.2, 0) is 16.0 Å². The lowest BCUT2D eigenvalue weighted by Crippen LogP contribution is -2.28. The molecule has 2 N–H and O–H groups in total. The molecule has 0 aliphatic carbocycles. The molecule has 2 atom stereocenters. The Morgan fingerprint density at radius 1 is 1.38 bits per heavy atom. The van der Waals surface area contributed by atoms with Gasteiger partial charge in [0.25, 0.3) is 0 Å². The smallest absolute Gasteiger partial charge is 0.308 e. The molecule has 0 aliphatic rings. The first kappa shape index (κ1) is 12.7. The Hall–Kier alpha value is -1.35. The molecule has 0 saturated carbocycles. The van der Waals surface area contributed by atoms with Gasteiger partial charge in [0.1, 0.15) is 0 Å². The summed E-state index contributed by atoms with van der Waals surface area (Å²) >= 11 is 0. The van der Waals surface area contributed by atoms with Crippen LogP contribution in [0.4, 0.5) is 0 Å². The van der Waals surface area contributed by atoms with Crippen LogP contribution in [0.2, 0.25) is 0 Å². The summed E-state index contributed by atoms with van der Waals surface area (Å²) in [7, 11) is 1.40. The van der Waals surface area contributed by atoms with E-state index in [0.717, 1.165) is 6.42 Å². The number of nitrogens with two attached hydrogens (primary N) is 1. The van der Waals surface area contributed by atoms with E-state index in [1.165, 1.54) is 12.7 Å². The average molecular weight is 221 g/mol. The van der Waals surface area contributed by atoms with Gasteiger partial charge in [-0.15, -0.1) is 0 Å². The fraction of sp³-hybridized carbons (Fsp3) is 0.462. The Bertz CT molecular complexity index is 324. The maximum atomic E-state index is 11.2. The Morgan fingerprint density at radius 2 is 2.00 bits per heavy atom. The standard InChI is InChI=1S/C13H19NO2/c1-10(13(15)16-2)8-12(14)9-11-6-4-3-5-7-11/h3-7,10,12H,8-9,14H2,1-2H3/t10-,12-/m1/s1. The summed E-state index contributed by atoms with van der Waals surface area (Å²) in [6, 6.07) is 10.0. The third-order valence-corrected chi connectivity index (χ3v) is 2.60. The van der Waals surface area contributed by atoms with Crippen molar-refractivity contribution in [1.82, 2.24) is 0 Å². The Labute approximate surface area is 96.6 Å². The van der Waals surface area contributed by atoms with Gasteiger partial charge in [0.2, 0.25) is 0 Å². The van der Waals surface area contributed by atoms with E-state index in [9.17, 15) is 4.79 Å². The number of ether oxygens (including phenoxy) is 1. The molecule has 0 fully saturated rings. The Morgan fingerprint density at radius 3 is 2.56 bits per heavy atom. The van der Waals surface area contributed by atoms with Crippen LogP contribution in [0.15, 0.2) is 30.3 Å². The minimum absolute atomic E-state index is 0.00324. The molecular weight excluding hydrogens is 202 g/mol. The average Bonchev–Trinajstić information content (AvgIpc) is 2.29. The maximum absolute atomic E-state index is 11.2. The summed E-state index contributed by atoms with van der Waals surface area (Å²) in [4.78, 5) is 11.2. The molecule has 0 spiro atoms. The zero-order chi connectivity index (χ0) is 12.0. The Balaban J connectivity index is 2.42. The molecule has 0 radical (unpaired) electrons. The van der Waals surface area contributed by atoms with E-state index in [-0.39, 0.29) is 17.9 Å². The summed E-state index contributed by atoms with van der Waals surface area (Å²) in [5.74, 6) is -0.327. The first-order chi connectivity index (χ1) is 7.63. The normalized spacial score (nSPS) is 14.2. The van der Waals surface area contributed by atoms with Crippen LogP contribution >= 0.6 is 0 Å². The van der Waals surface area contributed by atoms with E-state index in [1.807, 2.05) is 37.3 Å². The maximum Gasteiger partial charge on any atom is 0.308 e. The molecule has 88 valence electrons. The molecule has 1 aromatic rings. The molecule has 0 aromatic heterocycles. The summed E-state index contributed by atoms with van der Waals surface area (Å²) < 4.78 is 4.67. The lowest BCUT2D eigenvalue weighted by Gasteiger charge is -2.15. The molecule has 0 aliphatic heterocycles. The number of carbonyl (C=O) groups excluding carboxylic acids is 1. The molecular formula is C13H19NO2. The minimum Gasteiger partial charge on any atom is -0.469 e. The second-order valence-corrected chi connectivity index (χ2v) is 4.11. The third-order valence-electron chi connectivity index (χ3n) is 2.60. The molecule has 16 heavy (non-hydrogen) atoms. The van der Waals surface area contributed by atoms with Gasteiger partial charge >= 0.3 is 5.97 Å². The molecule has 3 nitrogen and oxygen atoms in total. The van der Waals surface area contributed by atoms with E-state index < -0.39 is 0 Å². The topological polar surface area (TPSA) is 52.3 Å². The van der Waals surface area contributed by atoms with Crippen LogP contribution in [0.25, 0.3) is 0 Å².